The molecule has 0 saturated carbocycles. The van der Waals surface area contributed by atoms with Crippen LogP contribution in [-0.2, 0) is 0 Å². The van der Waals surface area contributed by atoms with Crippen molar-refractivity contribution in [2.75, 3.05) is 5.73 Å². The monoisotopic (exact) mass is 259 g/mol. The second-order valence-corrected chi connectivity index (χ2v) is 4.23. The highest BCUT2D eigenvalue weighted by Crippen LogP contribution is 2.14. The molecule has 0 unspecified atom stereocenters. The van der Waals surface area contributed by atoms with Gasteiger partial charge >= 0.3 is 0 Å². The molecule has 0 bridgehead atoms. The van der Waals surface area contributed by atoms with Gasteiger partial charge in [-0.3, -0.25) is 4.79 Å². The van der Waals surface area contributed by atoms with Crippen LogP contribution >= 0.6 is 0 Å². The van der Waals surface area contributed by atoms with Crippen molar-refractivity contribution >= 4 is 11.6 Å². The molecule has 1 aromatic heterocycles. The molecule has 0 spiro atoms. The van der Waals surface area contributed by atoms with Gasteiger partial charge < -0.3 is 11.1 Å². The van der Waals surface area contributed by atoms with Crippen LogP contribution in [0, 0.1) is 5.82 Å². The Morgan fingerprint density at radius 2 is 2.16 bits per heavy atom. The summed E-state index contributed by atoms with van der Waals surface area (Å²) in [5, 5.41) is 2.75. The third-order valence-corrected chi connectivity index (χ3v) is 2.72. The second-order valence-electron chi connectivity index (χ2n) is 4.23. The van der Waals surface area contributed by atoms with Gasteiger partial charge in [0.2, 0.25) is 0 Å². The van der Waals surface area contributed by atoms with Crippen LogP contribution in [0.4, 0.5) is 10.1 Å². The molecule has 2 aromatic rings. The van der Waals surface area contributed by atoms with E-state index in [0.29, 0.717) is 11.3 Å². The number of rotatable bonds is 3. The van der Waals surface area contributed by atoms with Crippen molar-refractivity contribution in [1.82, 2.24) is 10.3 Å². The maximum Gasteiger partial charge on any atom is 0.270 e. The van der Waals surface area contributed by atoms with Gasteiger partial charge in [0.05, 0.1) is 17.9 Å². The maximum atomic E-state index is 13.1. The lowest BCUT2D eigenvalue weighted by Crippen LogP contribution is -2.27. The Labute approximate surface area is 110 Å². The van der Waals surface area contributed by atoms with E-state index in [1.807, 2.05) is 0 Å². The Kier molecular flexibility index (Phi) is 3.75. The molecule has 19 heavy (non-hydrogen) atoms. The summed E-state index contributed by atoms with van der Waals surface area (Å²) in [7, 11) is 0. The molecule has 0 aliphatic carbocycles. The zero-order chi connectivity index (χ0) is 13.8. The van der Waals surface area contributed by atoms with E-state index in [1.54, 1.807) is 31.2 Å². The molecule has 0 aliphatic rings. The van der Waals surface area contributed by atoms with Crippen LogP contribution < -0.4 is 11.1 Å². The van der Waals surface area contributed by atoms with E-state index in [2.05, 4.69) is 10.3 Å². The van der Waals surface area contributed by atoms with Gasteiger partial charge in [-0.15, -0.1) is 0 Å². The molecule has 3 N–H and O–H groups in total. The molecule has 4 nitrogen and oxygen atoms in total. The summed E-state index contributed by atoms with van der Waals surface area (Å²) in [6.07, 6.45) is 1.42. The zero-order valence-corrected chi connectivity index (χ0v) is 10.4. The fraction of sp³-hybridized carbons (Fsp3) is 0.143. The number of aromatic nitrogens is 1. The van der Waals surface area contributed by atoms with E-state index in [0.717, 1.165) is 0 Å². The number of halogens is 1. The third-order valence-electron chi connectivity index (χ3n) is 2.72. The lowest BCUT2D eigenvalue weighted by atomic mass is 10.1. The first kappa shape index (κ1) is 13.0. The van der Waals surface area contributed by atoms with Crippen LogP contribution in [0.1, 0.15) is 29.0 Å². The lowest BCUT2D eigenvalue weighted by Gasteiger charge is -2.14. The van der Waals surface area contributed by atoms with Gasteiger partial charge in [0.25, 0.3) is 5.91 Å². The number of hydrogen-bond donors (Lipinski definition) is 2. The molecule has 0 aliphatic heterocycles. The van der Waals surface area contributed by atoms with Crippen LogP contribution in [0.2, 0.25) is 0 Å². The molecule has 98 valence electrons. The average molecular weight is 259 g/mol. The first-order valence-electron chi connectivity index (χ1n) is 5.84. The Morgan fingerprint density at radius 1 is 1.37 bits per heavy atom. The first-order valence-corrected chi connectivity index (χ1v) is 5.84. The Hall–Kier alpha value is -2.43. The maximum absolute atomic E-state index is 13.1. The lowest BCUT2D eigenvalue weighted by molar-refractivity contribution is 0.0935. The van der Waals surface area contributed by atoms with E-state index in [1.165, 1.54) is 18.3 Å². The standard InChI is InChI=1S/C14H14FN3O/c1-9(10-3-2-4-11(15)7-10)18-14(19)13-6-5-12(16)8-17-13/h2-9H,16H2,1H3,(H,18,19)/t9-/m1/s1. The van der Waals surface area contributed by atoms with Gasteiger partial charge in [-0.1, -0.05) is 12.1 Å². The predicted octanol–water partition coefficient (Wildman–Crippen LogP) is 2.29. The van der Waals surface area contributed by atoms with Gasteiger partial charge in [0.15, 0.2) is 0 Å². The molecule has 5 heteroatoms. The number of hydrogen-bond acceptors (Lipinski definition) is 3. The number of carbonyl (C=O) groups excluding carboxylic acids is 1. The van der Waals surface area contributed by atoms with Crippen molar-refractivity contribution < 1.29 is 9.18 Å². The molecule has 0 fully saturated rings. The van der Waals surface area contributed by atoms with Crippen LogP contribution in [0.5, 0.6) is 0 Å². The molecule has 1 heterocycles. The number of pyridine rings is 1. The number of carbonyl (C=O) groups is 1. The molecular weight excluding hydrogens is 245 g/mol. The van der Waals surface area contributed by atoms with E-state index >= 15 is 0 Å². The summed E-state index contributed by atoms with van der Waals surface area (Å²) in [4.78, 5) is 15.8. The normalized spacial score (nSPS) is 11.9. The highest BCUT2D eigenvalue weighted by molar-refractivity contribution is 5.92. The molecule has 2 rings (SSSR count). The molecule has 0 radical (unpaired) electrons. The summed E-state index contributed by atoms with van der Waals surface area (Å²) in [5.74, 6) is -0.652. The van der Waals surface area contributed by atoms with E-state index in [-0.39, 0.29) is 23.5 Å². The van der Waals surface area contributed by atoms with E-state index in [9.17, 15) is 9.18 Å². The Balaban J connectivity index is 2.08. The number of anilines is 1. The van der Waals surface area contributed by atoms with Crippen LogP contribution in [0.25, 0.3) is 0 Å². The molecule has 1 aromatic carbocycles. The first-order chi connectivity index (χ1) is 9.06. The van der Waals surface area contributed by atoms with E-state index < -0.39 is 0 Å². The van der Waals surface area contributed by atoms with Gasteiger partial charge in [-0.25, -0.2) is 9.37 Å². The summed E-state index contributed by atoms with van der Waals surface area (Å²) < 4.78 is 13.1. The van der Waals surface area contributed by atoms with Gasteiger partial charge in [0.1, 0.15) is 11.5 Å². The predicted molar refractivity (Wildman–Crippen MR) is 70.9 cm³/mol. The van der Waals surface area contributed by atoms with E-state index in [4.69, 9.17) is 5.73 Å². The van der Waals surface area contributed by atoms with Crippen molar-refractivity contribution in [3.8, 4) is 0 Å². The van der Waals surface area contributed by atoms with Gasteiger partial charge in [-0.05, 0) is 36.8 Å². The highest BCUT2D eigenvalue weighted by atomic mass is 19.1. The molecule has 1 amide bonds. The highest BCUT2D eigenvalue weighted by Gasteiger charge is 2.12. The number of benzene rings is 1. The minimum Gasteiger partial charge on any atom is -0.397 e. The Bertz CT molecular complexity index is 583. The largest absolute Gasteiger partial charge is 0.397 e. The number of nitrogen functional groups attached to an aromatic ring is 1. The number of nitrogens with zero attached hydrogens (tertiary/aromatic N) is 1. The minimum absolute atomic E-state index is 0.275. The Morgan fingerprint density at radius 3 is 2.79 bits per heavy atom. The second kappa shape index (κ2) is 5.48. The van der Waals surface area contributed by atoms with Crippen molar-refractivity contribution in [2.45, 2.75) is 13.0 Å². The van der Waals surface area contributed by atoms with Gasteiger partial charge in [0, 0.05) is 0 Å². The quantitative estimate of drug-likeness (QED) is 0.888. The summed E-state index contributed by atoms with van der Waals surface area (Å²) >= 11 is 0. The molecule has 1 atom stereocenters. The zero-order valence-electron chi connectivity index (χ0n) is 10.4. The van der Waals surface area contributed by atoms with Crippen molar-refractivity contribution in [3.05, 3.63) is 59.7 Å². The fourth-order valence-electron chi connectivity index (χ4n) is 1.67. The average Bonchev–Trinajstić information content (AvgIpc) is 2.39. The summed E-state index contributed by atoms with van der Waals surface area (Å²) in [6, 6.07) is 8.96. The van der Waals surface area contributed by atoms with Crippen molar-refractivity contribution in [2.24, 2.45) is 0 Å². The van der Waals surface area contributed by atoms with Gasteiger partial charge in [-0.2, -0.15) is 0 Å². The van der Waals surface area contributed by atoms with Crippen LogP contribution in [0.15, 0.2) is 42.6 Å². The number of amides is 1. The fourth-order valence-corrected chi connectivity index (χ4v) is 1.67. The number of nitrogens with one attached hydrogen (secondary N) is 1. The summed E-state index contributed by atoms with van der Waals surface area (Å²) in [6.45, 7) is 1.78. The van der Waals surface area contributed by atoms with Crippen LogP contribution in [-0.4, -0.2) is 10.9 Å². The SMILES string of the molecule is C[C@@H](NC(=O)c1ccc(N)cn1)c1cccc(F)c1. The number of nitrogens with two attached hydrogens (primary N) is 1. The third kappa shape index (κ3) is 3.28. The summed E-state index contributed by atoms with van der Waals surface area (Å²) in [5.41, 5.74) is 6.97. The smallest absolute Gasteiger partial charge is 0.270 e. The topological polar surface area (TPSA) is 68.0 Å². The molecular formula is C14H14FN3O. The van der Waals surface area contributed by atoms with Crippen molar-refractivity contribution in [1.29, 1.82) is 0 Å². The minimum atomic E-state index is -0.329. The van der Waals surface area contributed by atoms with Crippen molar-refractivity contribution in [3.63, 3.8) is 0 Å². The molecule has 0 saturated heterocycles. The van der Waals surface area contributed by atoms with Crippen LogP contribution in [0.3, 0.4) is 0 Å².